The second-order valence-corrected chi connectivity index (χ2v) is 10.9. The van der Waals surface area contributed by atoms with Crippen molar-refractivity contribution in [1.29, 1.82) is 5.26 Å². The van der Waals surface area contributed by atoms with Crippen LogP contribution >= 0.6 is 11.8 Å². The number of thioether (sulfide) groups is 1. The monoisotopic (exact) mass is 619 g/mol. The maximum Gasteiger partial charge on any atom is 0.573 e. The van der Waals surface area contributed by atoms with Crippen LogP contribution in [-0.4, -0.2) is 44.0 Å². The number of carbonyl (C=O) groups is 2. The highest BCUT2D eigenvalue weighted by Gasteiger charge is 2.33. The first kappa shape index (κ1) is 30.3. The molecule has 0 bridgehead atoms. The van der Waals surface area contributed by atoms with E-state index < -0.39 is 12.4 Å². The van der Waals surface area contributed by atoms with Gasteiger partial charge in [0.1, 0.15) is 18.1 Å². The Morgan fingerprint density at radius 3 is 2.57 bits per heavy atom. The lowest BCUT2D eigenvalue weighted by Gasteiger charge is -2.22. The summed E-state index contributed by atoms with van der Waals surface area (Å²) in [6.07, 6.45) is -3.43. The fraction of sp³-hybridized carbons (Fsp3) is 0.200. The minimum atomic E-state index is -4.80. The third-order valence-electron chi connectivity index (χ3n) is 6.48. The first-order valence-corrected chi connectivity index (χ1v) is 14.2. The number of aryl methyl sites for hydroxylation is 1. The Bertz CT molecular complexity index is 1810. The average Bonchev–Trinajstić information content (AvgIpc) is 3.59. The average molecular weight is 620 g/mol. The predicted octanol–water partition coefficient (Wildman–Crippen LogP) is 6.80. The van der Waals surface area contributed by atoms with E-state index in [0.29, 0.717) is 16.9 Å². The molecule has 0 atom stereocenters. The van der Waals surface area contributed by atoms with Gasteiger partial charge >= 0.3 is 12.4 Å². The molecule has 3 amide bonds. The van der Waals surface area contributed by atoms with Crippen LogP contribution in [0.1, 0.15) is 36.5 Å². The summed E-state index contributed by atoms with van der Waals surface area (Å²) in [6, 6.07) is 16.8. The van der Waals surface area contributed by atoms with Crippen molar-refractivity contribution in [3.05, 3.63) is 83.7 Å². The van der Waals surface area contributed by atoms with Gasteiger partial charge in [0.05, 0.1) is 28.4 Å². The molecule has 1 aliphatic rings. The number of amidine groups is 1. The first-order chi connectivity index (χ1) is 20.9. The number of halogens is 3. The molecule has 4 aromatic rings. The van der Waals surface area contributed by atoms with Crippen LogP contribution in [0.25, 0.3) is 17.1 Å². The zero-order valence-corrected chi connectivity index (χ0v) is 24.4. The molecule has 44 heavy (non-hydrogen) atoms. The van der Waals surface area contributed by atoms with E-state index in [1.54, 1.807) is 6.07 Å². The standard InChI is InChI=1S/C30H24F3N7O3S/c1-17(2)23-10-4-18(3)12-25(23)40-26(41)15-44-29(40)37-28(42)36-24-11-5-19(13-20(24)14-34)27-35-16-39(38-27)21-6-8-22(9-7-21)43-30(31,32)33/h4-13,16-17H,15H2,1-3H3,(H,36,42)/b37-29-. The number of amides is 3. The number of carbonyl (C=O) groups excluding carboxylic acids is 2. The van der Waals surface area contributed by atoms with E-state index in [2.05, 4.69) is 25.1 Å². The summed E-state index contributed by atoms with van der Waals surface area (Å²) in [5.41, 5.74) is 3.81. The summed E-state index contributed by atoms with van der Waals surface area (Å²) in [5.74, 6) is -0.0418. The van der Waals surface area contributed by atoms with Crippen LogP contribution in [-0.2, 0) is 4.79 Å². The van der Waals surface area contributed by atoms with Crippen LogP contribution in [0.4, 0.5) is 29.3 Å². The van der Waals surface area contributed by atoms with Gasteiger partial charge in [-0.3, -0.25) is 9.69 Å². The van der Waals surface area contributed by atoms with Crippen LogP contribution in [0.5, 0.6) is 5.75 Å². The minimum absolute atomic E-state index is 0.119. The summed E-state index contributed by atoms with van der Waals surface area (Å²) in [6.45, 7) is 5.96. The topological polar surface area (TPSA) is 126 Å². The van der Waals surface area contributed by atoms with E-state index in [1.807, 2.05) is 45.0 Å². The molecule has 0 saturated carbocycles. The van der Waals surface area contributed by atoms with Crippen LogP contribution in [0, 0.1) is 18.3 Å². The molecule has 0 radical (unpaired) electrons. The molecule has 5 rings (SSSR count). The van der Waals surface area contributed by atoms with Gasteiger partial charge in [0.2, 0.25) is 5.91 Å². The van der Waals surface area contributed by atoms with Crippen molar-refractivity contribution < 1.29 is 27.5 Å². The molecule has 1 saturated heterocycles. The summed E-state index contributed by atoms with van der Waals surface area (Å²) in [5, 5.41) is 17.0. The second-order valence-electron chi connectivity index (χ2n) is 9.99. The zero-order valence-electron chi connectivity index (χ0n) is 23.6. The van der Waals surface area contributed by atoms with Crippen LogP contribution in [0.15, 0.2) is 72.0 Å². The van der Waals surface area contributed by atoms with Crippen molar-refractivity contribution in [3.8, 4) is 28.9 Å². The highest BCUT2D eigenvalue weighted by molar-refractivity contribution is 8.15. The lowest BCUT2D eigenvalue weighted by Crippen LogP contribution is -2.31. The van der Waals surface area contributed by atoms with Gasteiger partial charge in [-0.05, 0) is 72.5 Å². The number of ether oxygens (including phenoxy) is 1. The van der Waals surface area contributed by atoms with E-state index in [9.17, 15) is 28.0 Å². The number of rotatable bonds is 6. The largest absolute Gasteiger partial charge is 0.573 e. The lowest BCUT2D eigenvalue weighted by atomic mass is 9.99. The van der Waals surface area contributed by atoms with E-state index >= 15 is 0 Å². The maximum absolute atomic E-state index is 13.0. The van der Waals surface area contributed by atoms with Crippen molar-refractivity contribution in [2.75, 3.05) is 16.0 Å². The Balaban J connectivity index is 1.34. The van der Waals surface area contributed by atoms with Crippen molar-refractivity contribution in [1.82, 2.24) is 14.8 Å². The molecule has 0 unspecified atom stereocenters. The van der Waals surface area contributed by atoms with Gasteiger partial charge in [0.25, 0.3) is 0 Å². The van der Waals surface area contributed by atoms with Crippen molar-refractivity contribution in [2.45, 2.75) is 33.1 Å². The second kappa shape index (κ2) is 12.2. The number of hydrogen-bond acceptors (Lipinski definition) is 7. The number of aliphatic imine (C=N–C) groups is 1. The molecule has 0 aliphatic carbocycles. The predicted molar refractivity (Wildman–Crippen MR) is 160 cm³/mol. The van der Waals surface area contributed by atoms with E-state index in [-0.39, 0.29) is 45.6 Å². The molecule has 224 valence electrons. The van der Waals surface area contributed by atoms with Crippen LogP contribution in [0.2, 0.25) is 0 Å². The first-order valence-electron chi connectivity index (χ1n) is 13.2. The zero-order chi connectivity index (χ0) is 31.6. The van der Waals surface area contributed by atoms with Gasteiger partial charge in [-0.1, -0.05) is 37.7 Å². The molecule has 1 aromatic heterocycles. The fourth-order valence-electron chi connectivity index (χ4n) is 4.45. The Kier molecular flexibility index (Phi) is 8.41. The third-order valence-corrected chi connectivity index (χ3v) is 7.40. The molecule has 0 spiro atoms. The molecule has 1 N–H and O–H groups in total. The number of benzene rings is 3. The molecule has 1 aliphatic heterocycles. The number of nitrogens with zero attached hydrogens (tertiary/aromatic N) is 6. The molecule has 1 fully saturated rings. The van der Waals surface area contributed by atoms with Gasteiger partial charge < -0.3 is 10.1 Å². The highest BCUT2D eigenvalue weighted by Crippen LogP contribution is 2.34. The Morgan fingerprint density at radius 2 is 1.89 bits per heavy atom. The van der Waals surface area contributed by atoms with E-state index in [4.69, 9.17) is 0 Å². The normalized spacial score (nSPS) is 14.3. The molecule has 3 aromatic carbocycles. The van der Waals surface area contributed by atoms with E-state index in [1.165, 1.54) is 40.2 Å². The van der Waals surface area contributed by atoms with Gasteiger partial charge in [-0.25, -0.2) is 14.5 Å². The molecule has 14 heteroatoms. The fourth-order valence-corrected chi connectivity index (χ4v) is 5.31. The molecular weight excluding hydrogens is 595 g/mol. The van der Waals surface area contributed by atoms with Gasteiger partial charge in [0, 0.05) is 5.56 Å². The summed E-state index contributed by atoms with van der Waals surface area (Å²) in [7, 11) is 0. The van der Waals surface area contributed by atoms with E-state index in [0.717, 1.165) is 35.0 Å². The quantitative estimate of drug-likeness (QED) is 0.252. The van der Waals surface area contributed by atoms with Crippen LogP contribution in [0.3, 0.4) is 0 Å². The number of urea groups is 1. The number of hydrogen-bond donors (Lipinski definition) is 1. The van der Waals surface area contributed by atoms with Crippen LogP contribution < -0.4 is 15.0 Å². The van der Waals surface area contributed by atoms with Gasteiger partial charge in [-0.2, -0.15) is 10.3 Å². The van der Waals surface area contributed by atoms with Gasteiger partial charge in [0.15, 0.2) is 11.0 Å². The number of anilines is 2. The third kappa shape index (κ3) is 6.73. The minimum Gasteiger partial charge on any atom is -0.406 e. The molecule has 10 nitrogen and oxygen atoms in total. The number of aromatic nitrogens is 3. The Hall–Kier alpha value is -5.16. The summed E-state index contributed by atoms with van der Waals surface area (Å²) < 4.78 is 42.5. The maximum atomic E-state index is 13.0. The summed E-state index contributed by atoms with van der Waals surface area (Å²) >= 11 is 1.16. The highest BCUT2D eigenvalue weighted by atomic mass is 32.2. The summed E-state index contributed by atoms with van der Waals surface area (Å²) in [4.78, 5) is 35.6. The van der Waals surface area contributed by atoms with Crippen molar-refractivity contribution >= 4 is 40.2 Å². The molecule has 2 heterocycles. The van der Waals surface area contributed by atoms with Crippen molar-refractivity contribution in [3.63, 3.8) is 0 Å². The Labute approximate surface area is 254 Å². The Morgan fingerprint density at radius 1 is 1.14 bits per heavy atom. The smallest absolute Gasteiger partial charge is 0.406 e. The van der Waals surface area contributed by atoms with Crippen molar-refractivity contribution in [2.24, 2.45) is 4.99 Å². The number of nitrogens with one attached hydrogen (secondary N) is 1. The SMILES string of the molecule is Cc1ccc(C(C)C)c(N2C(=O)CS/C2=N\C(=O)Nc2ccc(-c3ncn(-c4ccc(OC(F)(F)F)cc4)n3)cc2C#N)c1. The van der Waals surface area contributed by atoms with Gasteiger partial charge in [-0.15, -0.1) is 18.3 Å². The molecular formula is C30H24F3N7O3S. The number of alkyl halides is 3. The number of nitriles is 1. The lowest BCUT2D eigenvalue weighted by molar-refractivity contribution is -0.274.